The minimum absolute atomic E-state index is 0.00247. The lowest BCUT2D eigenvalue weighted by molar-refractivity contribution is -0.137. The van der Waals surface area contributed by atoms with Gasteiger partial charge in [0.05, 0.1) is 12.1 Å². The number of hydrogen-bond donors (Lipinski definition) is 1. The minimum Gasteiger partial charge on any atom is -0.447 e. The number of nitrogens with zero attached hydrogens (tertiary/aromatic N) is 2. The second-order valence-corrected chi connectivity index (χ2v) is 7.99. The molecule has 10 heteroatoms. The average molecular weight is 481 g/mol. The topological polar surface area (TPSA) is 58.4 Å². The molecule has 3 rings (SSSR count). The molecule has 1 amide bonds. The SMILES string of the molecule is CC[C@@H](C)NC(=O)c1coc(CN(Cc2cccc(C(F)(F)F)c2)Cc2ccc(F)cc2F)n1. The van der Waals surface area contributed by atoms with Crippen molar-refractivity contribution in [1.82, 2.24) is 15.2 Å². The molecule has 0 spiro atoms. The highest BCUT2D eigenvalue weighted by molar-refractivity contribution is 5.92. The molecule has 0 aliphatic carbocycles. The van der Waals surface area contributed by atoms with Crippen LogP contribution in [0.1, 0.15) is 53.3 Å². The fraction of sp³-hybridized carbons (Fsp3) is 0.333. The molecule has 34 heavy (non-hydrogen) atoms. The van der Waals surface area contributed by atoms with Crippen LogP contribution in [0.2, 0.25) is 0 Å². The van der Waals surface area contributed by atoms with Gasteiger partial charge < -0.3 is 9.73 Å². The Kier molecular flexibility index (Phi) is 8.03. The number of hydrogen-bond acceptors (Lipinski definition) is 4. The number of nitrogens with one attached hydrogen (secondary N) is 1. The Balaban J connectivity index is 1.83. The van der Waals surface area contributed by atoms with Gasteiger partial charge in [-0.25, -0.2) is 13.8 Å². The van der Waals surface area contributed by atoms with Crippen molar-refractivity contribution < 1.29 is 31.2 Å². The zero-order valence-corrected chi connectivity index (χ0v) is 18.6. The number of halogens is 5. The van der Waals surface area contributed by atoms with Gasteiger partial charge in [-0.15, -0.1) is 0 Å². The number of rotatable bonds is 9. The Hall–Kier alpha value is -3.27. The monoisotopic (exact) mass is 481 g/mol. The van der Waals surface area contributed by atoms with Crippen LogP contribution in [0.5, 0.6) is 0 Å². The van der Waals surface area contributed by atoms with Crippen molar-refractivity contribution in [3.63, 3.8) is 0 Å². The lowest BCUT2D eigenvalue weighted by Gasteiger charge is -2.22. The van der Waals surface area contributed by atoms with Crippen molar-refractivity contribution in [3.8, 4) is 0 Å². The summed E-state index contributed by atoms with van der Waals surface area (Å²) in [6.45, 7) is 3.67. The number of oxazole rings is 1. The van der Waals surface area contributed by atoms with Crippen molar-refractivity contribution >= 4 is 5.91 Å². The molecule has 3 aromatic rings. The predicted molar refractivity (Wildman–Crippen MR) is 114 cm³/mol. The molecule has 1 heterocycles. The fourth-order valence-electron chi connectivity index (χ4n) is 3.24. The van der Waals surface area contributed by atoms with Crippen molar-refractivity contribution in [2.45, 2.75) is 52.1 Å². The molecule has 0 aliphatic rings. The van der Waals surface area contributed by atoms with E-state index in [1.807, 2.05) is 13.8 Å². The Morgan fingerprint density at radius 2 is 1.88 bits per heavy atom. The van der Waals surface area contributed by atoms with E-state index in [9.17, 15) is 26.7 Å². The normalized spacial score (nSPS) is 12.7. The van der Waals surface area contributed by atoms with E-state index < -0.39 is 29.3 Å². The lowest BCUT2D eigenvalue weighted by atomic mass is 10.1. The van der Waals surface area contributed by atoms with Gasteiger partial charge in [0.15, 0.2) is 5.69 Å². The van der Waals surface area contributed by atoms with E-state index >= 15 is 0 Å². The van der Waals surface area contributed by atoms with Gasteiger partial charge in [-0.3, -0.25) is 9.69 Å². The van der Waals surface area contributed by atoms with Crippen LogP contribution in [0.3, 0.4) is 0 Å². The van der Waals surface area contributed by atoms with Crippen LogP contribution in [0, 0.1) is 11.6 Å². The summed E-state index contributed by atoms with van der Waals surface area (Å²) in [6, 6.07) is 7.82. The molecule has 0 unspecified atom stereocenters. The first-order valence-electron chi connectivity index (χ1n) is 10.6. The molecule has 0 aliphatic heterocycles. The Bertz CT molecular complexity index is 1130. The van der Waals surface area contributed by atoms with E-state index in [2.05, 4.69) is 10.3 Å². The molecule has 182 valence electrons. The van der Waals surface area contributed by atoms with Gasteiger partial charge >= 0.3 is 6.18 Å². The maximum atomic E-state index is 14.3. The maximum Gasteiger partial charge on any atom is 0.416 e. The molecule has 5 nitrogen and oxygen atoms in total. The highest BCUT2D eigenvalue weighted by atomic mass is 19.4. The first kappa shape index (κ1) is 25.4. The van der Waals surface area contributed by atoms with E-state index in [1.54, 1.807) is 4.90 Å². The van der Waals surface area contributed by atoms with Crippen molar-refractivity contribution in [2.75, 3.05) is 0 Å². The highest BCUT2D eigenvalue weighted by Crippen LogP contribution is 2.30. The van der Waals surface area contributed by atoms with E-state index in [0.717, 1.165) is 30.7 Å². The summed E-state index contributed by atoms with van der Waals surface area (Å²) in [5.74, 6) is -1.81. The van der Waals surface area contributed by atoms with Crippen LogP contribution >= 0.6 is 0 Å². The standard InChI is InChI=1S/C24H24F5N3O2/c1-3-15(2)30-23(33)21-14-34-22(31-21)13-32(12-17-7-8-19(25)10-20(17)26)11-16-5-4-6-18(9-16)24(27,28)29/h4-10,14-15H,3,11-13H2,1-2H3,(H,30,33)/t15-/m1/s1. The summed E-state index contributed by atoms with van der Waals surface area (Å²) in [6.07, 6.45) is -2.59. The van der Waals surface area contributed by atoms with Crippen molar-refractivity contribution in [2.24, 2.45) is 0 Å². The van der Waals surface area contributed by atoms with E-state index in [-0.39, 0.29) is 42.8 Å². The van der Waals surface area contributed by atoms with Gasteiger partial charge in [-0.2, -0.15) is 13.2 Å². The Labute approximate surface area is 193 Å². The zero-order chi connectivity index (χ0) is 24.9. The lowest BCUT2D eigenvalue weighted by Crippen LogP contribution is -2.32. The predicted octanol–water partition coefficient (Wildman–Crippen LogP) is 5.70. The highest BCUT2D eigenvalue weighted by Gasteiger charge is 2.30. The Morgan fingerprint density at radius 3 is 2.56 bits per heavy atom. The summed E-state index contributed by atoms with van der Waals surface area (Å²) in [4.78, 5) is 18.0. The van der Waals surface area contributed by atoms with Crippen molar-refractivity contribution in [1.29, 1.82) is 0 Å². The van der Waals surface area contributed by atoms with Crippen LogP contribution in [-0.4, -0.2) is 21.8 Å². The summed E-state index contributed by atoms with van der Waals surface area (Å²) in [5.41, 5.74) is -0.270. The summed E-state index contributed by atoms with van der Waals surface area (Å²) < 4.78 is 72.3. The van der Waals surface area contributed by atoms with Gasteiger partial charge in [0, 0.05) is 30.8 Å². The zero-order valence-electron chi connectivity index (χ0n) is 18.6. The molecule has 0 fully saturated rings. The molecular formula is C24H24F5N3O2. The molecule has 0 bridgehead atoms. The molecule has 0 saturated heterocycles. The molecule has 0 saturated carbocycles. The van der Waals surface area contributed by atoms with Gasteiger partial charge in [-0.1, -0.05) is 31.2 Å². The number of amides is 1. The summed E-state index contributed by atoms with van der Waals surface area (Å²) in [7, 11) is 0. The number of benzene rings is 2. The molecule has 0 radical (unpaired) electrons. The quantitative estimate of drug-likeness (QED) is 0.398. The average Bonchev–Trinajstić information content (AvgIpc) is 3.24. The van der Waals surface area contributed by atoms with E-state index in [1.165, 1.54) is 24.5 Å². The summed E-state index contributed by atoms with van der Waals surface area (Å²) >= 11 is 0. The van der Waals surface area contributed by atoms with Gasteiger partial charge in [0.25, 0.3) is 5.91 Å². The number of aromatic nitrogens is 1. The minimum atomic E-state index is -4.51. The summed E-state index contributed by atoms with van der Waals surface area (Å²) in [5, 5.41) is 2.76. The third-order valence-corrected chi connectivity index (χ3v) is 5.20. The van der Waals surface area contributed by atoms with Gasteiger partial charge in [0.1, 0.15) is 17.9 Å². The molecule has 1 N–H and O–H groups in total. The van der Waals surface area contributed by atoms with Crippen LogP contribution in [0.25, 0.3) is 0 Å². The third-order valence-electron chi connectivity index (χ3n) is 5.20. The van der Waals surface area contributed by atoms with E-state index in [0.29, 0.717) is 5.56 Å². The van der Waals surface area contributed by atoms with E-state index in [4.69, 9.17) is 4.42 Å². The van der Waals surface area contributed by atoms with Crippen LogP contribution in [0.4, 0.5) is 22.0 Å². The number of carbonyl (C=O) groups is 1. The number of alkyl halides is 3. The largest absolute Gasteiger partial charge is 0.447 e. The van der Waals surface area contributed by atoms with Gasteiger partial charge in [0.2, 0.25) is 5.89 Å². The third kappa shape index (κ3) is 6.86. The first-order chi connectivity index (χ1) is 16.0. The Morgan fingerprint density at radius 1 is 1.12 bits per heavy atom. The van der Waals surface area contributed by atoms with Crippen molar-refractivity contribution in [3.05, 3.63) is 88.6 Å². The smallest absolute Gasteiger partial charge is 0.416 e. The molecule has 2 aromatic carbocycles. The molecule has 1 aromatic heterocycles. The maximum absolute atomic E-state index is 14.3. The van der Waals surface area contributed by atoms with Crippen LogP contribution in [0.15, 0.2) is 53.1 Å². The van der Waals surface area contributed by atoms with Crippen LogP contribution < -0.4 is 5.32 Å². The van der Waals surface area contributed by atoms with Crippen LogP contribution in [-0.2, 0) is 25.8 Å². The van der Waals surface area contributed by atoms with Gasteiger partial charge in [-0.05, 0) is 31.0 Å². The first-order valence-corrected chi connectivity index (χ1v) is 10.6. The molecular weight excluding hydrogens is 457 g/mol. The second-order valence-electron chi connectivity index (χ2n) is 7.99. The second kappa shape index (κ2) is 10.8. The molecule has 1 atom stereocenters. The number of carbonyl (C=O) groups excluding carboxylic acids is 1. The fourth-order valence-corrected chi connectivity index (χ4v) is 3.24.